The van der Waals surface area contributed by atoms with E-state index in [0.717, 1.165) is 5.69 Å². The zero-order valence-corrected chi connectivity index (χ0v) is 10.4. The van der Waals surface area contributed by atoms with Gasteiger partial charge in [-0.05, 0) is 18.9 Å². The van der Waals surface area contributed by atoms with E-state index >= 15 is 0 Å². The van der Waals surface area contributed by atoms with E-state index < -0.39 is 11.9 Å². The summed E-state index contributed by atoms with van der Waals surface area (Å²) in [6.45, 7) is 1.99. The maximum atomic E-state index is 11.9. The van der Waals surface area contributed by atoms with Gasteiger partial charge >= 0.3 is 5.97 Å². The molecule has 1 aromatic heterocycles. The second-order valence-corrected chi connectivity index (χ2v) is 4.04. The number of esters is 1. The Kier molecular flexibility index (Phi) is 3.60. The average molecular weight is 249 g/mol. The highest BCUT2D eigenvalue weighted by Gasteiger charge is 2.35. The molecule has 0 fully saturated rings. The molecule has 1 aliphatic rings. The van der Waals surface area contributed by atoms with Crippen molar-refractivity contribution in [1.82, 2.24) is 4.98 Å². The molecule has 1 unspecified atom stereocenters. The third-order valence-corrected chi connectivity index (χ3v) is 2.96. The maximum absolute atomic E-state index is 11.9. The van der Waals surface area contributed by atoms with E-state index in [9.17, 15) is 9.59 Å². The van der Waals surface area contributed by atoms with Crippen LogP contribution in [-0.4, -0.2) is 30.5 Å². The smallest absolute Gasteiger partial charge is 0.321 e. The first-order valence-corrected chi connectivity index (χ1v) is 5.90. The average Bonchev–Trinajstić information content (AvgIpc) is 2.38. The zero-order valence-electron chi connectivity index (χ0n) is 10.4. The lowest BCUT2D eigenvalue weighted by atomic mass is 9.84. The molecule has 0 saturated heterocycles. The van der Waals surface area contributed by atoms with Gasteiger partial charge in [0, 0.05) is 18.2 Å². The van der Waals surface area contributed by atoms with E-state index in [4.69, 9.17) is 9.47 Å². The lowest BCUT2D eigenvalue weighted by Crippen LogP contribution is -2.29. The first-order chi connectivity index (χ1) is 8.67. The number of methoxy groups -OCH3 is 1. The summed E-state index contributed by atoms with van der Waals surface area (Å²) in [6, 6.07) is 3.38. The van der Waals surface area contributed by atoms with E-state index in [1.54, 1.807) is 19.1 Å². The lowest BCUT2D eigenvalue weighted by Gasteiger charge is -2.22. The third kappa shape index (κ3) is 2.20. The van der Waals surface area contributed by atoms with Crippen molar-refractivity contribution in [1.29, 1.82) is 0 Å². The first-order valence-electron chi connectivity index (χ1n) is 5.90. The fourth-order valence-electron chi connectivity index (χ4n) is 2.11. The summed E-state index contributed by atoms with van der Waals surface area (Å²) in [6.07, 6.45) is 0.859. The van der Waals surface area contributed by atoms with Gasteiger partial charge in [0.1, 0.15) is 5.92 Å². The Morgan fingerprint density at radius 1 is 1.44 bits per heavy atom. The van der Waals surface area contributed by atoms with Gasteiger partial charge in [0.2, 0.25) is 5.88 Å². The van der Waals surface area contributed by atoms with E-state index in [0.29, 0.717) is 24.3 Å². The number of hydrogen-bond acceptors (Lipinski definition) is 5. The molecular formula is C13H15NO4. The predicted octanol–water partition coefficient (Wildman–Crippen LogP) is 1.25. The number of pyridine rings is 1. The number of rotatable bonds is 3. The maximum Gasteiger partial charge on any atom is 0.321 e. The number of hydrogen-bond donors (Lipinski definition) is 0. The van der Waals surface area contributed by atoms with Crippen LogP contribution in [0.2, 0.25) is 0 Å². The molecule has 5 nitrogen and oxygen atoms in total. The van der Waals surface area contributed by atoms with Crippen LogP contribution in [0.1, 0.15) is 30.5 Å². The summed E-state index contributed by atoms with van der Waals surface area (Å²) in [4.78, 5) is 28.0. The van der Waals surface area contributed by atoms with E-state index in [-0.39, 0.29) is 12.4 Å². The molecule has 0 spiro atoms. The van der Waals surface area contributed by atoms with Crippen LogP contribution >= 0.6 is 0 Å². The summed E-state index contributed by atoms with van der Waals surface area (Å²) < 4.78 is 9.98. The molecule has 1 aromatic rings. The number of carbonyl (C=O) groups excluding carboxylic acids is 2. The van der Waals surface area contributed by atoms with Crippen LogP contribution in [0.15, 0.2) is 12.1 Å². The van der Waals surface area contributed by atoms with Crippen molar-refractivity contribution in [2.45, 2.75) is 25.7 Å². The lowest BCUT2D eigenvalue weighted by molar-refractivity contribution is -0.148. The molecule has 0 aliphatic heterocycles. The summed E-state index contributed by atoms with van der Waals surface area (Å²) in [5.74, 6) is -0.929. The molecule has 0 amide bonds. The molecule has 0 radical (unpaired) electrons. The van der Waals surface area contributed by atoms with Crippen molar-refractivity contribution in [2.75, 3.05) is 13.7 Å². The Balaban J connectivity index is 2.38. The molecule has 18 heavy (non-hydrogen) atoms. The quantitative estimate of drug-likeness (QED) is 0.596. The van der Waals surface area contributed by atoms with Gasteiger partial charge in [-0.2, -0.15) is 0 Å². The van der Waals surface area contributed by atoms with E-state index in [2.05, 4.69) is 4.98 Å². The van der Waals surface area contributed by atoms with Crippen molar-refractivity contribution >= 4 is 11.8 Å². The van der Waals surface area contributed by atoms with Crippen molar-refractivity contribution in [2.24, 2.45) is 0 Å². The van der Waals surface area contributed by atoms with Crippen LogP contribution in [0.25, 0.3) is 0 Å². The molecule has 96 valence electrons. The Labute approximate surface area is 105 Å². The van der Waals surface area contributed by atoms with Crippen LogP contribution in [0.3, 0.4) is 0 Å². The predicted molar refractivity (Wildman–Crippen MR) is 63.5 cm³/mol. The van der Waals surface area contributed by atoms with Gasteiger partial charge in [-0.1, -0.05) is 6.07 Å². The molecule has 0 bridgehead atoms. The molecule has 0 saturated carbocycles. The Morgan fingerprint density at radius 2 is 2.22 bits per heavy atom. The van der Waals surface area contributed by atoms with Crippen LogP contribution in [0, 0.1) is 0 Å². The molecule has 1 aliphatic carbocycles. The Bertz CT molecular complexity index is 484. The van der Waals surface area contributed by atoms with Gasteiger partial charge in [0.25, 0.3) is 0 Å². The van der Waals surface area contributed by atoms with Gasteiger partial charge < -0.3 is 9.47 Å². The summed E-state index contributed by atoms with van der Waals surface area (Å²) in [5, 5.41) is 0. The van der Waals surface area contributed by atoms with E-state index in [1.165, 1.54) is 7.11 Å². The number of aryl methyl sites for hydroxylation is 1. The molecular weight excluding hydrogens is 234 g/mol. The number of aromatic nitrogens is 1. The standard InChI is InChI=1S/C13H15NO4/c1-3-18-13(16)12-8-4-7-11(17-2)14-9(8)5-6-10(12)15/h4,7,12H,3,5-6H2,1-2H3. The summed E-state index contributed by atoms with van der Waals surface area (Å²) in [5.41, 5.74) is 1.39. The van der Waals surface area contributed by atoms with Crippen LogP contribution < -0.4 is 4.74 Å². The minimum absolute atomic E-state index is 0.104. The van der Waals surface area contributed by atoms with Crippen molar-refractivity contribution in [3.8, 4) is 5.88 Å². The minimum Gasteiger partial charge on any atom is -0.481 e. The highest BCUT2D eigenvalue weighted by atomic mass is 16.5. The number of carbonyl (C=O) groups is 2. The monoisotopic (exact) mass is 249 g/mol. The zero-order chi connectivity index (χ0) is 13.1. The molecule has 2 rings (SSSR count). The molecule has 1 heterocycles. The highest BCUT2D eigenvalue weighted by Crippen LogP contribution is 2.30. The van der Waals surface area contributed by atoms with Gasteiger partial charge in [0.05, 0.1) is 13.7 Å². The molecule has 5 heteroatoms. The SMILES string of the molecule is CCOC(=O)C1C(=O)CCc2nc(OC)ccc21. The van der Waals surface area contributed by atoms with Gasteiger partial charge in [-0.3, -0.25) is 9.59 Å². The Morgan fingerprint density at radius 3 is 2.89 bits per heavy atom. The molecule has 0 N–H and O–H groups in total. The second-order valence-electron chi connectivity index (χ2n) is 4.04. The second kappa shape index (κ2) is 5.16. The fraction of sp³-hybridized carbons (Fsp3) is 0.462. The van der Waals surface area contributed by atoms with Crippen molar-refractivity contribution in [3.63, 3.8) is 0 Å². The van der Waals surface area contributed by atoms with Crippen molar-refractivity contribution in [3.05, 3.63) is 23.4 Å². The fourth-order valence-corrected chi connectivity index (χ4v) is 2.11. The van der Waals surface area contributed by atoms with E-state index in [1.807, 2.05) is 0 Å². The van der Waals surface area contributed by atoms with Gasteiger partial charge in [-0.15, -0.1) is 0 Å². The van der Waals surface area contributed by atoms with Crippen molar-refractivity contribution < 1.29 is 19.1 Å². The normalized spacial score (nSPS) is 18.1. The topological polar surface area (TPSA) is 65.5 Å². The number of Topliss-reactive ketones (excluding diaryl/α,β-unsaturated/α-hetero) is 1. The number of fused-ring (bicyclic) bond motifs is 1. The third-order valence-electron chi connectivity index (χ3n) is 2.96. The first kappa shape index (κ1) is 12.5. The summed E-state index contributed by atoms with van der Waals surface area (Å²) in [7, 11) is 1.53. The van der Waals surface area contributed by atoms with Crippen LogP contribution in [0.5, 0.6) is 5.88 Å². The number of ether oxygens (including phenoxy) is 2. The highest BCUT2D eigenvalue weighted by molar-refractivity contribution is 6.05. The van der Waals surface area contributed by atoms with Crippen LogP contribution in [-0.2, 0) is 20.7 Å². The summed E-state index contributed by atoms with van der Waals surface area (Å²) >= 11 is 0. The molecule has 1 atom stereocenters. The number of nitrogens with zero attached hydrogens (tertiary/aromatic N) is 1. The Hall–Kier alpha value is -1.91. The van der Waals surface area contributed by atoms with Gasteiger partial charge in [-0.25, -0.2) is 4.98 Å². The van der Waals surface area contributed by atoms with Crippen LogP contribution in [0.4, 0.5) is 0 Å². The largest absolute Gasteiger partial charge is 0.481 e. The minimum atomic E-state index is -0.827. The molecule has 0 aromatic carbocycles. The number of ketones is 1. The van der Waals surface area contributed by atoms with Gasteiger partial charge in [0.15, 0.2) is 5.78 Å².